The Kier molecular flexibility index (Phi) is 4.30. The summed E-state index contributed by atoms with van der Waals surface area (Å²) in [6.07, 6.45) is 0. The maximum absolute atomic E-state index is 11.9. The summed E-state index contributed by atoms with van der Waals surface area (Å²) in [6.45, 7) is 0.0989. The zero-order valence-corrected chi connectivity index (χ0v) is 13.5. The van der Waals surface area contributed by atoms with Gasteiger partial charge in [-0.05, 0) is 36.4 Å². The minimum atomic E-state index is -3.82. The molecule has 4 N–H and O–H groups in total. The van der Waals surface area contributed by atoms with Crippen LogP contribution in [0.4, 0.5) is 11.4 Å². The number of anilines is 2. The summed E-state index contributed by atoms with van der Waals surface area (Å²) in [5.74, 6) is -0.787. The first-order chi connectivity index (χ1) is 11.8. The van der Waals surface area contributed by atoms with E-state index in [0.29, 0.717) is 17.2 Å². The highest BCUT2D eigenvalue weighted by Gasteiger charge is 2.18. The second kappa shape index (κ2) is 6.42. The average Bonchev–Trinajstić information content (AvgIpc) is 3.02. The SMILES string of the molecule is NS(=O)(=O)c1ccc(NC(=O)C(=O)Nc2ccc3c(c2)OCO3)cc1. The molecule has 1 heterocycles. The van der Waals surface area contributed by atoms with Gasteiger partial charge in [-0.2, -0.15) is 0 Å². The van der Waals surface area contributed by atoms with Crippen LogP contribution in [0, 0.1) is 0 Å². The second-order valence-corrected chi connectivity index (χ2v) is 6.61. The van der Waals surface area contributed by atoms with Crippen LogP contribution in [0.15, 0.2) is 47.4 Å². The quantitative estimate of drug-likeness (QED) is 0.685. The molecule has 0 atom stereocenters. The van der Waals surface area contributed by atoms with Gasteiger partial charge in [-0.3, -0.25) is 9.59 Å². The standard InChI is InChI=1S/C15H13N3O6S/c16-25(21,22)11-4-1-9(2-5-11)17-14(19)15(20)18-10-3-6-12-13(7-10)24-8-23-12/h1-7H,8H2,(H,17,19)(H,18,20)(H2,16,21,22). The number of amides is 2. The topological polar surface area (TPSA) is 137 Å². The molecule has 130 valence electrons. The number of benzene rings is 2. The molecule has 9 nitrogen and oxygen atoms in total. The minimum Gasteiger partial charge on any atom is -0.454 e. The highest BCUT2D eigenvalue weighted by Crippen LogP contribution is 2.34. The smallest absolute Gasteiger partial charge is 0.314 e. The van der Waals surface area contributed by atoms with Crippen LogP contribution in [0.3, 0.4) is 0 Å². The number of primary sulfonamides is 1. The average molecular weight is 363 g/mol. The predicted molar refractivity (Wildman–Crippen MR) is 87.6 cm³/mol. The van der Waals surface area contributed by atoms with Gasteiger partial charge in [0.05, 0.1) is 4.90 Å². The third kappa shape index (κ3) is 3.87. The van der Waals surface area contributed by atoms with E-state index in [1.807, 2.05) is 0 Å². The fourth-order valence-electron chi connectivity index (χ4n) is 2.08. The number of fused-ring (bicyclic) bond motifs is 1. The monoisotopic (exact) mass is 363 g/mol. The summed E-state index contributed by atoms with van der Waals surface area (Å²) in [4.78, 5) is 23.7. The molecule has 3 rings (SSSR count). The molecule has 2 aromatic rings. The molecule has 2 amide bonds. The van der Waals surface area contributed by atoms with Crippen LogP contribution in [0.25, 0.3) is 0 Å². The molecule has 0 saturated carbocycles. The normalized spacial score (nSPS) is 12.5. The van der Waals surface area contributed by atoms with Gasteiger partial charge in [0.15, 0.2) is 11.5 Å². The number of rotatable bonds is 3. The van der Waals surface area contributed by atoms with Crippen LogP contribution in [0.5, 0.6) is 11.5 Å². The van der Waals surface area contributed by atoms with Crippen molar-refractivity contribution in [3.8, 4) is 11.5 Å². The zero-order valence-electron chi connectivity index (χ0n) is 12.7. The Morgan fingerprint density at radius 1 is 0.880 bits per heavy atom. The van der Waals surface area contributed by atoms with Crippen LogP contribution >= 0.6 is 0 Å². The summed E-state index contributed by atoms with van der Waals surface area (Å²) in [5.41, 5.74) is 0.618. The second-order valence-electron chi connectivity index (χ2n) is 5.05. The molecule has 0 bridgehead atoms. The van der Waals surface area contributed by atoms with Crippen molar-refractivity contribution in [2.45, 2.75) is 4.90 Å². The van der Waals surface area contributed by atoms with Crippen molar-refractivity contribution in [1.82, 2.24) is 0 Å². The fraction of sp³-hybridized carbons (Fsp3) is 0.0667. The summed E-state index contributed by atoms with van der Waals surface area (Å²) >= 11 is 0. The molecule has 0 fully saturated rings. The summed E-state index contributed by atoms with van der Waals surface area (Å²) in [6, 6.07) is 9.81. The van der Waals surface area contributed by atoms with Gasteiger partial charge in [0.25, 0.3) is 0 Å². The molecule has 0 saturated heterocycles. The fourth-order valence-corrected chi connectivity index (χ4v) is 2.59. The van der Waals surface area contributed by atoms with E-state index in [2.05, 4.69) is 10.6 Å². The van der Waals surface area contributed by atoms with Gasteiger partial charge in [0.1, 0.15) is 0 Å². The predicted octanol–water partition coefficient (Wildman–Crippen LogP) is 0.640. The Bertz CT molecular complexity index is 940. The molecular formula is C15H13N3O6S. The van der Waals surface area contributed by atoms with Crippen LogP contribution in [-0.4, -0.2) is 27.0 Å². The van der Waals surface area contributed by atoms with Gasteiger partial charge in [-0.1, -0.05) is 0 Å². The number of sulfonamides is 1. The molecule has 1 aliphatic rings. The molecular weight excluding hydrogens is 350 g/mol. The highest BCUT2D eigenvalue weighted by atomic mass is 32.2. The Hall–Kier alpha value is -3.11. The van der Waals surface area contributed by atoms with E-state index >= 15 is 0 Å². The molecule has 10 heteroatoms. The first kappa shape index (κ1) is 16.7. The third-order valence-electron chi connectivity index (χ3n) is 3.28. The Balaban J connectivity index is 1.64. The van der Waals surface area contributed by atoms with Crippen molar-refractivity contribution in [1.29, 1.82) is 0 Å². The lowest BCUT2D eigenvalue weighted by atomic mass is 10.2. The zero-order chi connectivity index (χ0) is 18.0. The van der Waals surface area contributed by atoms with E-state index in [0.717, 1.165) is 0 Å². The number of ether oxygens (including phenoxy) is 2. The van der Waals surface area contributed by atoms with Crippen molar-refractivity contribution in [3.63, 3.8) is 0 Å². The van der Waals surface area contributed by atoms with Gasteiger partial charge in [0.2, 0.25) is 16.8 Å². The van der Waals surface area contributed by atoms with E-state index < -0.39 is 21.8 Å². The number of carbonyl (C=O) groups excluding carboxylic acids is 2. The third-order valence-corrected chi connectivity index (χ3v) is 4.21. The van der Waals surface area contributed by atoms with Crippen molar-refractivity contribution < 1.29 is 27.5 Å². The maximum Gasteiger partial charge on any atom is 0.314 e. The number of carbonyl (C=O) groups is 2. The van der Waals surface area contributed by atoms with Crippen LogP contribution < -0.4 is 25.2 Å². The van der Waals surface area contributed by atoms with Gasteiger partial charge >= 0.3 is 11.8 Å². The summed E-state index contributed by atoms with van der Waals surface area (Å²) in [5, 5.41) is 9.76. The lowest BCUT2D eigenvalue weighted by Gasteiger charge is -2.07. The first-order valence-electron chi connectivity index (χ1n) is 6.98. The number of hydrogen-bond donors (Lipinski definition) is 3. The molecule has 2 aromatic carbocycles. The maximum atomic E-state index is 11.9. The first-order valence-corrected chi connectivity index (χ1v) is 8.52. The van der Waals surface area contributed by atoms with E-state index in [9.17, 15) is 18.0 Å². The molecule has 0 aromatic heterocycles. The van der Waals surface area contributed by atoms with E-state index in [4.69, 9.17) is 14.6 Å². The molecule has 0 spiro atoms. The van der Waals surface area contributed by atoms with Crippen molar-refractivity contribution in [3.05, 3.63) is 42.5 Å². The molecule has 0 radical (unpaired) electrons. The highest BCUT2D eigenvalue weighted by molar-refractivity contribution is 7.89. The molecule has 0 unspecified atom stereocenters. The van der Waals surface area contributed by atoms with Crippen molar-refractivity contribution in [2.24, 2.45) is 5.14 Å². The van der Waals surface area contributed by atoms with E-state index in [1.54, 1.807) is 12.1 Å². The lowest BCUT2D eigenvalue weighted by Crippen LogP contribution is -2.29. The number of nitrogens with one attached hydrogen (secondary N) is 2. The Labute approximate surface area is 142 Å². The van der Waals surface area contributed by atoms with Crippen molar-refractivity contribution in [2.75, 3.05) is 17.4 Å². The molecule has 25 heavy (non-hydrogen) atoms. The lowest BCUT2D eigenvalue weighted by molar-refractivity contribution is -0.132. The minimum absolute atomic E-state index is 0.0989. The van der Waals surface area contributed by atoms with E-state index in [1.165, 1.54) is 30.3 Å². The summed E-state index contributed by atoms with van der Waals surface area (Å²) in [7, 11) is -3.82. The number of hydrogen-bond acceptors (Lipinski definition) is 6. The van der Waals surface area contributed by atoms with Gasteiger partial charge in [0, 0.05) is 17.4 Å². The van der Waals surface area contributed by atoms with Crippen LogP contribution in [-0.2, 0) is 19.6 Å². The largest absolute Gasteiger partial charge is 0.454 e. The van der Waals surface area contributed by atoms with Gasteiger partial charge < -0.3 is 20.1 Å². The summed E-state index contributed by atoms with van der Waals surface area (Å²) < 4.78 is 32.7. The molecule has 1 aliphatic heterocycles. The Morgan fingerprint density at radius 3 is 2.08 bits per heavy atom. The van der Waals surface area contributed by atoms with Crippen LogP contribution in [0.2, 0.25) is 0 Å². The Morgan fingerprint density at radius 2 is 1.44 bits per heavy atom. The molecule has 0 aliphatic carbocycles. The van der Waals surface area contributed by atoms with E-state index in [-0.39, 0.29) is 17.4 Å². The van der Waals surface area contributed by atoms with Gasteiger partial charge in [-0.15, -0.1) is 0 Å². The van der Waals surface area contributed by atoms with Crippen LogP contribution in [0.1, 0.15) is 0 Å². The van der Waals surface area contributed by atoms with Gasteiger partial charge in [-0.25, -0.2) is 13.6 Å². The van der Waals surface area contributed by atoms with Crippen molar-refractivity contribution >= 4 is 33.2 Å². The number of nitrogens with two attached hydrogens (primary N) is 1.